The van der Waals surface area contributed by atoms with E-state index in [0.717, 1.165) is 42.8 Å². The lowest BCUT2D eigenvalue weighted by molar-refractivity contribution is 0.0696. The monoisotopic (exact) mass is 261 g/mol. The van der Waals surface area contributed by atoms with E-state index in [2.05, 4.69) is 5.32 Å². The standard InChI is InChI=1S/C14H19N3O2/c15-12-11(14(18)19)9-7-16-6-5-10(9)17-13(12)8-3-1-2-4-8/h8,16H,1-7,15H2,(H,18,19). The van der Waals surface area contributed by atoms with Gasteiger partial charge in [-0.2, -0.15) is 0 Å². The number of nitrogens with zero attached hydrogens (tertiary/aromatic N) is 1. The molecule has 1 fully saturated rings. The summed E-state index contributed by atoms with van der Waals surface area (Å²) in [4.78, 5) is 16.2. The predicted octanol–water partition coefficient (Wildman–Crippen LogP) is 1.67. The molecular weight excluding hydrogens is 242 g/mol. The number of hydrogen-bond acceptors (Lipinski definition) is 4. The van der Waals surface area contributed by atoms with Gasteiger partial charge in [0.05, 0.1) is 16.9 Å². The molecule has 1 aromatic rings. The van der Waals surface area contributed by atoms with Crippen molar-refractivity contribution in [1.29, 1.82) is 0 Å². The van der Waals surface area contributed by atoms with Crippen molar-refractivity contribution in [3.63, 3.8) is 0 Å². The lowest BCUT2D eigenvalue weighted by Crippen LogP contribution is -2.28. The van der Waals surface area contributed by atoms with Gasteiger partial charge in [0, 0.05) is 36.7 Å². The Bertz CT molecular complexity index is 522. The molecule has 3 rings (SSSR count). The average molecular weight is 261 g/mol. The molecule has 1 aliphatic heterocycles. The number of carboxylic acids is 1. The first kappa shape index (κ1) is 12.4. The zero-order valence-electron chi connectivity index (χ0n) is 10.9. The normalized spacial score (nSPS) is 19.4. The molecule has 2 aliphatic rings. The zero-order valence-corrected chi connectivity index (χ0v) is 10.9. The van der Waals surface area contributed by atoms with Gasteiger partial charge in [-0.25, -0.2) is 4.79 Å². The molecule has 1 aromatic heterocycles. The van der Waals surface area contributed by atoms with Crippen molar-refractivity contribution >= 4 is 11.7 Å². The molecule has 0 unspecified atom stereocenters. The van der Waals surface area contributed by atoms with E-state index in [9.17, 15) is 9.90 Å². The Balaban J connectivity index is 2.15. The summed E-state index contributed by atoms with van der Waals surface area (Å²) in [5, 5.41) is 12.6. The average Bonchev–Trinajstić information content (AvgIpc) is 2.91. The second-order valence-corrected chi connectivity index (χ2v) is 5.42. The smallest absolute Gasteiger partial charge is 0.338 e. The van der Waals surface area contributed by atoms with Crippen molar-refractivity contribution in [2.45, 2.75) is 44.6 Å². The van der Waals surface area contributed by atoms with Crippen molar-refractivity contribution in [1.82, 2.24) is 10.3 Å². The first-order chi connectivity index (χ1) is 9.18. The molecule has 0 saturated heterocycles. The van der Waals surface area contributed by atoms with E-state index >= 15 is 0 Å². The van der Waals surface area contributed by atoms with Crippen LogP contribution in [0.1, 0.15) is 58.9 Å². The first-order valence-corrected chi connectivity index (χ1v) is 6.93. The van der Waals surface area contributed by atoms with Crippen LogP contribution < -0.4 is 11.1 Å². The van der Waals surface area contributed by atoms with Crippen LogP contribution in [0.2, 0.25) is 0 Å². The van der Waals surface area contributed by atoms with Crippen molar-refractivity contribution in [2.24, 2.45) is 0 Å². The maximum absolute atomic E-state index is 11.5. The lowest BCUT2D eigenvalue weighted by atomic mass is 9.93. The second kappa shape index (κ2) is 4.81. The van der Waals surface area contributed by atoms with E-state index in [4.69, 9.17) is 10.7 Å². The summed E-state index contributed by atoms with van der Waals surface area (Å²) in [6, 6.07) is 0. The number of nitrogens with two attached hydrogens (primary N) is 1. The molecule has 1 saturated carbocycles. The van der Waals surface area contributed by atoms with Crippen LogP contribution in [0.25, 0.3) is 0 Å². The molecule has 5 heteroatoms. The van der Waals surface area contributed by atoms with Crippen LogP contribution in [0.5, 0.6) is 0 Å². The number of rotatable bonds is 2. The molecule has 2 heterocycles. The Labute approximate surface area is 112 Å². The van der Waals surface area contributed by atoms with Crippen LogP contribution in [0.15, 0.2) is 0 Å². The Hall–Kier alpha value is -1.62. The fourth-order valence-corrected chi connectivity index (χ4v) is 3.28. The number of carboxylic acid groups (broad SMARTS) is 1. The van der Waals surface area contributed by atoms with Gasteiger partial charge in [-0.1, -0.05) is 12.8 Å². The largest absolute Gasteiger partial charge is 0.478 e. The van der Waals surface area contributed by atoms with Gasteiger partial charge in [-0.3, -0.25) is 4.98 Å². The topological polar surface area (TPSA) is 88.2 Å². The highest BCUT2D eigenvalue weighted by atomic mass is 16.4. The number of carbonyl (C=O) groups is 1. The molecule has 0 spiro atoms. The van der Waals surface area contributed by atoms with Gasteiger partial charge in [-0.15, -0.1) is 0 Å². The van der Waals surface area contributed by atoms with Crippen molar-refractivity contribution in [2.75, 3.05) is 12.3 Å². The quantitative estimate of drug-likeness (QED) is 0.753. The molecule has 0 aromatic carbocycles. The Morgan fingerprint density at radius 3 is 2.79 bits per heavy atom. The van der Waals surface area contributed by atoms with E-state index in [1.807, 2.05) is 0 Å². The Morgan fingerprint density at radius 2 is 2.11 bits per heavy atom. The number of anilines is 1. The SMILES string of the molecule is Nc1c(C2CCCC2)nc2c(c1C(=O)O)CNCC2. The Morgan fingerprint density at radius 1 is 1.37 bits per heavy atom. The summed E-state index contributed by atoms with van der Waals surface area (Å²) in [7, 11) is 0. The highest BCUT2D eigenvalue weighted by molar-refractivity contribution is 5.96. The van der Waals surface area contributed by atoms with Crippen LogP contribution in [0.3, 0.4) is 0 Å². The van der Waals surface area contributed by atoms with Crippen LogP contribution in [0, 0.1) is 0 Å². The van der Waals surface area contributed by atoms with Gasteiger partial charge in [0.1, 0.15) is 0 Å². The maximum atomic E-state index is 11.5. The predicted molar refractivity (Wildman–Crippen MR) is 72.2 cm³/mol. The van der Waals surface area contributed by atoms with Gasteiger partial charge in [0.2, 0.25) is 0 Å². The summed E-state index contributed by atoms with van der Waals surface area (Å²) in [6.45, 7) is 1.41. The van der Waals surface area contributed by atoms with E-state index in [0.29, 0.717) is 18.2 Å². The van der Waals surface area contributed by atoms with Gasteiger partial charge < -0.3 is 16.2 Å². The van der Waals surface area contributed by atoms with Gasteiger partial charge in [-0.05, 0) is 12.8 Å². The van der Waals surface area contributed by atoms with Crippen LogP contribution >= 0.6 is 0 Å². The summed E-state index contributed by atoms with van der Waals surface area (Å²) in [5.41, 5.74) is 9.31. The summed E-state index contributed by atoms with van der Waals surface area (Å²) < 4.78 is 0. The van der Waals surface area contributed by atoms with Crippen LogP contribution in [-0.2, 0) is 13.0 Å². The number of fused-ring (bicyclic) bond motifs is 1. The zero-order chi connectivity index (χ0) is 13.4. The number of aromatic nitrogens is 1. The fraction of sp³-hybridized carbons (Fsp3) is 0.571. The van der Waals surface area contributed by atoms with E-state index < -0.39 is 5.97 Å². The molecule has 1 aliphatic carbocycles. The molecule has 19 heavy (non-hydrogen) atoms. The molecule has 102 valence electrons. The number of pyridine rings is 1. The number of aromatic carboxylic acids is 1. The lowest BCUT2D eigenvalue weighted by Gasteiger charge is -2.23. The van der Waals surface area contributed by atoms with Crippen LogP contribution in [-0.4, -0.2) is 22.6 Å². The summed E-state index contributed by atoms with van der Waals surface area (Å²) in [6.07, 6.45) is 5.32. The molecule has 0 atom stereocenters. The first-order valence-electron chi connectivity index (χ1n) is 6.93. The molecule has 0 radical (unpaired) electrons. The van der Waals surface area contributed by atoms with Gasteiger partial charge >= 0.3 is 5.97 Å². The van der Waals surface area contributed by atoms with Crippen LogP contribution in [0.4, 0.5) is 5.69 Å². The van der Waals surface area contributed by atoms with Gasteiger partial charge in [0.15, 0.2) is 0 Å². The molecular formula is C14H19N3O2. The minimum atomic E-state index is -0.931. The van der Waals surface area contributed by atoms with E-state index in [1.165, 1.54) is 12.8 Å². The summed E-state index contributed by atoms with van der Waals surface area (Å²) >= 11 is 0. The summed E-state index contributed by atoms with van der Waals surface area (Å²) in [5.74, 6) is -0.586. The number of nitrogens with one attached hydrogen (secondary N) is 1. The third kappa shape index (κ3) is 2.08. The highest BCUT2D eigenvalue weighted by Crippen LogP contribution is 2.38. The maximum Gasteiger partial charge on any atom is 0.338 e. The van der Waals surface area contributed by atoms with Crippen molar-refractivity contribution in [3.05, 3.63) is 22.5 Å². The van der Waals surface area contributed by atoms with E-state index in [-0.39, 0.29) is 5.56 Å². The van der Waals surface area contributed by atoms with E-state index in [1.54, 1.807) is 0 Å². The molecule has 0 bridgehead atoms. The minimum absolute atomic E-state index is 0.277. The number of hydrogen-bond donors (Lipinski definition) is 3. The number of nitrogen functional groups attached to an aromatic ring is 1. The molecule has 0 amide bonds. The molecule has 4 N–H and O–H groups in total. The highest BCUT2D eigenvalue weighted by Gasteiger charge is 2.28. The van der Waals surface area contributed by atoms with Crippen molar-refractivity contribution in [3.8, 4) is 0 Å². The van der Waals surface area contributed by atoms with Crippen molar-refractivity contribution < 1.29 is 9.90 Å². The fourth-order valence-electron chi connectivity index (χ4n) is 3.28. The minimum Gasteiger partial charge on any atom is -0.478 e. The second-order valence-electron chi connectivity index (χ2n) is 5.42. The third-order valence-electron chi connectivity index (χ3n) is 4.25. The molecule has 5 nitrogen and oxygen atoms in total. The van der Waals surface area contributed by atoms with Gasteiger partial charge in [0.25, 0.3) is 0 Å². The third-order valence-corrected chi connectivity index (χ3v) is 4.25. The Kier molecular flexibility index (Phi) is 3.14.